The standard InChI is InChI=1S/C31H30ClFN4O5/c1-40-27-14-13-22(16-28(27)41-2)37-18-26(20-9-11-21(32)12-10-20)34-31(37)35-29(38)19-36(17-23-6-5-15-42-23)30(39)24-7-3-4-8-25(24)33/h3-4,7-14,16,18,23H,5-6,15,17,19H2,1-2H3,(H,34,35,38). The smallest absolute Gasteiger partial charge is 0.257 e. The van der Waals surface area contributed by atoms with E-state index in [9.17, 15) is 14.0 Å². The Balaban J connectivity index is 1.46. The van der Waals surface area contributed by atoms with Gasteiger partial charge in [-0.3, -0.25) is 19.5 Å². The molecule has 218 valence electrons. The van der Waals surface area contributed by atoms with Crippen LogP contribution in [0.3, 0.4) is 0 Å². The summed E-state index contributed by atoms with van der Waals surface area (Å²) in [5.74, 6) is -0.505. The normalized spacial score (nSPS) is 14.4. The molecule has 0 aliphatic carbocycles. The number of rotatable bonds is 10. The minimum atomic E-state index is -0.656. The third-order valence-corrected chi connectivity index (χ3v) is 7.17. The average Bonchev–Trinajstić information content (AvgIpc) is 3.67. The lowest BCUT2D eigenvalue weighted by Gasteiger charge is -2.25. The van der Waals surface area contributed by atoms with Crippen LogP contribution in [-0.4, -0.2) is 66.3 Å². The number of hydrogen-bond donors (Lipinski definition) is 1. The van der Waals surface area contributed by atoms with Crippen molar-refractivity contribution in [3.63, 3.8) is 0 Å². The summed E-state index contributed by atoms with van der Waals surface area (Å²) in [4.78, 5) is 32.8. The van der Waals surface area contributed by atoms with Crippen molar-refractivity contribution in [2.24, 2.45) is 0 Å². The monoisotopic (exact) mass is 592 g/mol. The largest absolute Gasteiger partial charge is 0.493 e. The summed E-state index contributed by atoms with van der Waals surface area (Å²) in [5, 5.41) is 3.42. The van der Waals surface area contributed by atoms with Gasteiger partial charge in [0, 0.05) is 36.0 Å². The molecule has 0 saturated carbocycles. The van der Waals surface area contributed by atoms with Gasteiger partial charge in [0.1, 0.15) is 12.4 Å². The van der Waals surface area contributed by atoms with Crippen molar-refractivity contribution < 1.29 is 28.2 Å². The van der Waals surface area contributed by atoms with Crippen molar-refractivity contribution in [2.75, 3.05) is 39.2 Å². The second-order valence-corrected chi connectivity index (χ2v) is 10.2. The van der Waals surface area contributed by atoms with Crippen LogP contribution in [0.25, 0.3) is 16.9 Å². The van der Waals surface area contributed by atoms with Crippen LogP contribution in [0.5, 0.6) is 11.5 Å². The van der Waals surface area contributed by atoms with E-state index in [0.29, 0.717) is 34.5 Å². The van der Waals surface area contributed by atoms with Crippen molar-refractivity contribution in [3.05, 3.63) is 89.3 Å². The number of carbonyl (C=O) groups excluding carboxylic acids is 2. The van der Waals surface area contributed by atoms with Crippen LogP contribution < -0.4 is 14.8 Å². The minimum Gasteiger partial charge on any atom is -0.493 e. The number of nitrogens with zero attached hydrogens (tertiary/aromatic N) is 3. The lowest BCUT2D eigenvalue weighted by molar-refractivity contribution is -0.117. The van der Waals surface area contributed by atoms with Crippen molar-refractivity contribution in [2.45, 2.75) is 18.9 Å². The highest BCUT2D eigenvalue weighted by Crippen LogP contribution is 2.32. The van der Waals surface area contributed by atoms with E-state index in [1.165, 1.54) is 30.2 Å². The molecule has 3 aromatic carbocycles. The molecule has 1 unspecified atom stereocenters. The Bertz CT molecular complexity index is 1570. The fraction of sp³-hybridized carbons (Fsp3) is 0.258. The number of carbonyl (C=O) groups is 2. The van der Waals surface area contributed by atoms with Crippen LogP contribution in [-0.2, 0) is 9.53 Å². The zero-order valence-electron chi connectivity index (χ0n) is 23.2. The molecule has 4 aromatic rings. The van der Waals surface area contributed by atoms with Gasteiger partial charge in [0.15, 0.2) is 11.5 Å². The Hall–Kier alpha value is -4.41. The van der Waals surface area contributed by atoms with Crippen molar-refractivity contribution in [1.82, 2.24) is 14.5 Å². The summed E-state index contributed by atoms with van der Waals surface area (Å²) < 4.78 is 32.8. The molecule has 11 heteroatoms. The Morgan fingerprint density at radius 3 is 2.55 bits per heavy atom. The fourth-order valence-electron chi connectivity index (χ4n) is 4.80. The van der Waals surface area contributed by atoms with Crippen LogP contribution in [0.4, 0.5) is 10.3 Å². The summed E-state index contributed by atoms with van der Waals surface area (Å²) >= 11 is 6.08. The van der Waals surface area contributed by atoms with E-state index in [1.807, 2.05) is 12.1 Å². The molecule has 9 nitrogen and oxygen atoms in total. The van der Waals surface area contributed by atoms with E-state index in [2.05, 4.69) is 10.3 Å². The molecule has 1 atom stereocenters. The van der Waals surface area contributed by atoms with Gasteiger partial charge in [0.05, 0.1) is 37.3 Å². The summed E-state index contributed by atoms with van der Waals surface area (Å²) in [5.41, 5.74) is 1.90. The van der Waals surface area contributed by atoms with Gasteiger partial charge in [-0.1, -0.05) is 35.9 Å². The number of imidazole rings is 1. The van der Waals surface area contributed by atoms with E-state index in [4.69, 9.17) is 25.8 Å². The van der Waals surface area contributed by atoms with Gasteiger partial charge in [-0.2, -0.15) is 0 Å². The minimum absolute atomic E-state index is 0.111. The van der Waals surface area contributed by atoms with Crippen molar-refractivity contribution >= 4 is 29.4 Å². The highest BCUT2D eigenvalue weighted by atomic mass is 35.5. The van der Waals surface area contributed by atoms with Gasteiger partial charge in [-0.05, 0) is 49.2 Å². The van der Waals surface area contributed by atoms with Gasteiger partial charge in [-0.25, -0.2) is 9.37 Å². The summed E-state index contributed by atoms with van der Waals surface area (Å²) in [6.45, 7) is 0.400. The van der Waals surface area contributed by atoms with E-state index in [0.717, 1.165) is 18.4 Å². The number of amides is 2. The second kappa shape index (κ2) is 13.1. The first-order chi connectivity index (χ1) is 20.4. The second-order valence-electron chi connectivity index (χ2n) is 9.71. The number of nitrogens with one attached hydrogen (secondary N) is 1. The Morgan fingerprint density at radius 1 is 1.10 bits per heavy atom. The fourth-order valence-corrected chi connectivity index (χ4v) is 4.92. The Morgan fingerprint density at radius 2 is 1.86 bits per heavy atom. The van der Waals surface area contributed by atoms with E-state index < -0.39 is 17.6 Å². The number of benzene rings is 3. The first kappa shape index (κ1) is 29.1. The molecule has 1 aliphatic rings. The van der Waals surface area contributed by atoms with Crippen LogP contribution in [0.2, 0.25) is 5.02 Å². The zero-order chi connectivity index (χ0) is 29.6. The molecule has 2 heterocycles. The molecule has 0 radical (unpaired) electrons. The van der Waals surface area contributed by atoms with Crippen LogP contribution >= 0.6 is 11.6 Å². The number of anilines is 1. The van der Waals surface area contributed by atoms with Crippen LogP contribution in [0, 0.1) is 5.82 Å². The highest BCUT2D eigenvalue weighted by molar-refractivity contribution is 6.30. The highest BCUT2D eigenvalue weighted by Gasteiger charge is 2.27. The zero-order valence-corrected chi connectivity index (χ0v) is 23.9. The lowest BCUT2D eigenvalue weighted by atomic mass is 10.1. The molecule has 1 N–H and O–H groups in total. The summed E-state index contributed by atoms with van der Waals surface area (Å²) in [6, 6.07) is 18.2. The molecular formula is C31H30ClFN4O5. The van der Waals surface area contributed by atoms with Gasteiger partial charge < -0.3 is 19.1 Å². The number of aromatic nitrogens is 2. The lowest BCUT2D eigenvalue weighted by Crippen LogP contribution is -2.42. The van der Waals surface area contributed by atoms with Crippen LogP contribution in [0.15, 0.2) is 72.9 Å². The van der Waals surface area contributed by atoms with Gasteiger partial charge >= 0.3 is 0 Å². The quantitative estimate of drug-likeness (QED) is 0.257. The van der Waals surface area contributed by atoms with Gasteiger partial charge in [-0.15, -0.1) is 0 Å². The molecule has 0 bridgehead atoms. The molecule has 42 heavy (non-hydrogen) atoms. The average molecular weight is 593 g/mol. The third kappa shape index (κ3) is 6.56. The van der Waals surface area contributed by atoms with Crippen molar-refractivity contribution in [3.8, 4) is 28.4 Å². The molecule has 1 fully saturated rings. The van der Waals surface area contributed by atoms with Crippen molar-refractivity contribution in [1.29, 1.82) is 0 Å². The maximum Gasteiger partial charge on any atom is 0.257 e. The Labute approximate surface area is 247 Å². The van der Waals surface area contributed by atoms with E-state index in [-0.39, 0.29) is 30.7 Å². The first-order valence-electron chi connectivity index (χ1n) is 13.4. The Kier molecular flexibility index (Phi) is 9.04. The molecule has 2 amide bonds. The topological polar surface area (TPSA) is 94.9 Å². The van der Waals surface area contributed by atoms with Gasteiger partial charge in [0.2, 0.25) is 11.9 Å². The number of hydrogen-bond acceptors (Lipinski definition) is 6. The summed E-state index contributed by atoms with van der Waals surface area (Å²) in [7, 11) is 3.08. The van der Waals surface area contributed by atoms with Crippen LogP contribution in [0.1, 0.15) is 23.2 Å². The summed E-state index contributed by atoms with van der Waals surface area (Å²) in [6.07, 6.45) is 3.14. The predicted octanol–water partition coefficient (Wildman–Crippen LogP) is 5.61. The van der Waals surface area contributed by atoms with E-state index >= 15 is 0 Å². The molecule has 0 spiro atoms. The third-order valence-electron chi connectivity index (χ3n) is 6.92. The maximum atomic E-state index is 14.5. The SMILES string of the molecule is COc1ccc(-n2cc(-c3ccc(Cl)cc3)nc2NC(=O)CN(CC2CCCO2)C(=O)c2ccccc2F)cc1OC. The molecule has 1 aliphatic heterocycles. The number of halogens is 2. The molecular weight excluding hydrogens is 563 g/mol. The molecule has 5 rings (SSSR count). The van der Waals surface area contributed by atoms with E-state index in [1.54, 1.807) is 54.3 Å². The van der Waals surface area contributed by atoms with Gasteiger partial charge in [0.25, 0.3) is 5.91 Å². The predicted molar refractivity (Wildman–Crippen MR) is 157 cm³/mol. The first-order valence-corrected chi connectivity index (χ1v) is 13.8. The molecule has 1 saturated heterocycles. The molecule has 1 aromatic heterocycles. The number of methoxy groups -OCH3 is 2. The maximum absolute atomic E-state index is 14.5. The number of ether oxygens (including phenoxy) is 3.